The Morgan fingerprint density at radius 2 is 2.00 bits per heavy atom. The molecule has 0 atom stereocenters. The van der Waals surface area contributed by atoms with E-state index < -0.39 is 10.0 Å². The number of hydrogen-bond donors (Lipinski definition) is 1. The molecule has 116 valence electrons. The zero-order valence-electron chi connectivity index (χ0n) is 12.7. The van der Waals surface area contributed by atoms with Crippen molar-refractivity contribution in [2.45, 2.75) is 51.6 Å². The molecule has 1 rings (SSSR count). The van der Waals surface area contributed by atoms with Crippen molar-refractivity contribution in [2.24, 2.45) is 5.73 Å². The van der Waals surface area contributed by atoms with Gasteiger partial charge < -0.3 is 10.3 Å². The Labute approximate surface area is 122 Å². The maximum atomic E-state index is 12.6. The lowest BCUT2D eigenvalue weighted by Crippen LogP contribution is -2.34. The minimum atomic E-state index is -3.51. The minimum Gasteiger partial charge on any atom is -0.334 e. The Morgan fingerprint density at radius 1 is 1.30 bits per heavy atom. The second kappa shape index (κ2) is 7.75. The average molecular weight is 302 g/mol. The number of rotatable bonds is 9. The van der Waals surface area contributed by atoms with E-state index in [4.69, 9.17) is 5.73 Å². The van der Waals surface area contributed by atoms with Gasteiger partial charge in [0.25, 0.3) is 10.0 Å². The number of imidazole rings is 1. The monoisotopic (exact) mass is 302 g/mol. The zero-order valence-corrected chi connectivity index (χ0v) is 13.5. The van der Waals surface area contributed by atoms with E-state index in [2.05, 4.69) is 11.9 Å². The van der Waals surface area contributed by atoms with Crippen LogP contribution in [0.2, 0.25) is 0 Å². The van der Waals surface area contributed by atoms with Crippen LogP contribution in [0, 0.1) is 6.92 Å². The third kappa shape index (κ3) is 4.04. The van der Waals surface area contributed by atoms with Gasteiger partial charge in [-0.05, 0) is 32.7 Å². The van der Waals surface area contributed by atoms with Gasteiger partial charge in [-0.15, -0.1) is 0 Å². The first-order valence-corrected chi connectivity index (χ1v) is 8.65. The van der Waals surface area contributed by atoms with Crippen LogP contribution in [0.15, 0.2) is 11.2 Å². The van der Waals surface area contributed by atoms with Gasteiger partial charge in [-0.2, -0.15) is 4.31 Å². The van der Waals surface area contributed by atoms with Crippen LogP contribution in [-0.2, 0) is 16.6 Å². The van der Waals surface area contributed by atoms with Crippen molar-refractivity contribution in [3.05, 3.63) is 12.0 Å². The summed E-state index contributed by atoms with van der Waals surface area (Å²) in [4.78, 5) is 4.21. The highest BCUT2D eigenvalue weighted by atomic mass is 32.2. The molecule has 0 aromatic carbocycles. The fourth-order valence-corrected chi connectivity index (χ4v) is 3.64. The summed E-state index contributed by atoms with van der Waals surface area (Å²) in [6, 6.07) is 0. The second-order valence-corrected chi connectivity index (χ2v) is 6.75. The molecule has 0 saturated carbocycles. The van der Waals surface area contributed by atoms with E-state index >= 15 is 0 Å². The molecule has 0 unspecified atom stereocenters. The first-order chi connectivity index (χ1) is 9.47. The molecule has 20 heavy (non-hydrogen) atoms. The normalized spacial score (nSPS) is 12.2. The van der Waals surface area contributed by atoms with E-state index in [0.29, 0.717) is 26.1 Å². The molecule has 0 fully saturated rings. The first-order valence-electron chi connectivity index (χ1n) is 7.21. The lowest BCUT2D eigenvalue weighted by atomic mass is 10.4. The highest BCUT2D eigenvalue weighted by Gasteiger charge is 2.26. The van der Waals surface area contributed by atoms with E-state index in [1.807, 2.05) is 18.4 Å². The van der Waals surface area contributed by atoms with Crippen molar-refractivity contribution in [2.75, 3.05) is 19.6 Å². The minimum absolute atomic E-state index is 0.147. The summed E-state index contributed by atoms with van der Waals surface area (Å²) >= 11 is 0. The number of aromatic nitrogens is 2. The van der Waals surface area contributed by atoms with Crippen LogP contribution in [-0.4, -0.2) is 41.9 Å². The van der Waals surface area contributed by atoms with Crippen molar-refractivity contribution >= 4 is 10.0 Å². The van der Waals surface area contributed by atoms with Gasteiger partial charge in [0, 0.05) is 25.8 Å². The first kappa shape index (κ1) is 17.1. The molecule has 0 spiro atoms. The standard InChI is InChI=1S/C13H26N4O2S/c1-4-8-16-11-13(15-12(16)3)20(18,19)17(9-5-2)10-6-7-14/h11H,4-10,14H2,1-3H3. The number of sulfonamides is 1. The Hall–Kier alpha value is -0.920. The molecule has 0 radical (unpaired) electrons. The van der Waals surface area contributed by atoms with Gasteiger partial charge in [0.05, 0.1) is 0 Å². The molecule has 0 aliphatic rings. The van der Waals surface area contributed by atoms with Crippen LogP contribution < -0.4 is 5.73 Å². The molecule has 1 aromatic rings. The van der Waals surface area contributed by atoms with Crippen LogP contribution in [0.5, 0.6) is 0 Å². The highest BCUT2D eigenvalue weighted by Crippen LogP contribution is 2.16. The zero-order chi connectivity index (χ0) is 15.2. The summed E-state index contributed by atoms with van der Waals surface area (Å²) < 4.78 is 28.6. The third-order valence-electron chi connectivity index (χ3n) is 3.11. The molecular weight excluding hydrogens is 276 g/mol. The third-order valence-corrected chi connectivity index (χ3v) is 4.88. The van der Waals surface area contributed by atoms with Crippen LogP contribution >= 0.6 is 0 Å². The van der Waals surface area contributed by atoms with Crippen LogP contribution in [0.3, 0.4) is 0 Å². The summed E-state index contributed by atoms with van der Waals surface area (Å²) in [6.07, 6.45) is 4.02. The lowest BCUT2D eigenvalue weighted by Gasteiger charge is -2.19. The number of aryl methyl sites for hydroxylation is 2. The maximum Gasteiger partial charge on any atom is 0.262 e. The van der Waals surface area contributed by atoms with E-state index in [1.165, 1.54) is 4.31 Å². The van der Waals surface area contributed by atoms with Gasteiger partial charge in [0.1, 0.15) is 5.82 Å². The molecule has 0 aliphatic heterocycles. The van der Waals surface area contributed by atoms with Crippen molar-refractivity contribution in [1.82, 2.24) is 13.9 Å². The summed E-state index contributed by atoms with van der Waals surface area (Å²) in [5, 5.41) is 0.147. The fourth-order valence-electron chi connectivity index (χ4n) is 2.07. The number of nitrogens with two attached hydrogens (primary N) is 1. The number of nitrogens with zero attached hydrogens (tertiary/aromatic N) is 3. The maximum absolute atomic E-state index is 12.6. The summed E-state index contributed by atoms with van der Waals surface area (Å²) in [5.41, 5.74) is 5.48. The smallest absolute Gasteiger partial charge is 0.262 e. The molecule has 0 bridgehead atoms. The van der Waals surface area contributed by atoms with Gasteiger partial charge in [-0.25, -0.2) is 13.4 Å². The van der Waals surface area contributed by atoms with Gasteiger partial charge in [-0.3, -0.25) is 0 Å². The molecule has 7 heteroatoms. The SMILES string of the molecule is CCCN(CCCN)S(=O)(=O)c1cn(CCC)c(C)n1. The van der Waals surface area contributed by atoms with Gasteiger partial charge in [0.15, 0.2) is 5.03 Å². The number of hydrogen-bond acceptors (Lipinski definition) is 4. The van der Waals surface area contributed by atoms with Crippen molar-refractivity contribution < 1.29 is 8.42 Å². The van der Waals surface area contributed by atoms with Crippen molar-refractivity contribution in [3.8, 4) is 0 Å². The van der Waals surface area contributed by atoms with E-state index in [-0.39, 0.29) is 5.03 Å². The molecule has 2 N–H and O–H groups in total. The van der Waals surface area contributed by atoms with Crippen LogP contribution in [0.1, 0.15) is 38.9 Å². The van der Waals surface area contributed by atoms with E-state index in [9.17, 15) is 8.42 Å². The summed E-state index contributed by atoms with van der Waals surface area (Å²) in [6.45, 7) is 8.07. The molecule has 0 saturated heterocycles. The van der Waals surface area contributed by atoms with Gasteiger partial charge in [0.2, 0.25) is 0 Å². The quantitative estimate of drug-likeness (QED) is 0.746. The second-order valence-electron chi connectivity index (χ2n) is 4.87. The molecule has 1 aromatic heterocycles. The molecule has 1 heterocycles. The Bertz CT molecular complexity index is 510. The van der Waals surface area contributed by atoms with Crippen molar-refractivity contribution in [3.63, 3.8) is 0 Å². The Kier molecular flexibility index (Phi) is 6.64. The topological polar surface area (TPSA) is 81.2 Å². The molecule has 6 nitrogen and oxygen atoms in total. The predicted octanol–water partition coefficient (Wildman–Crippen LogP) is 1.35. The summed E-state index contributed by atoms with van der Waals surface area (Å²) in [7, 11) is -3.51. The lowest BCUT2D eigenvalue weighted by molar-refractivity contribution is 0.404. The van der Waals surface area contributed by atoms with Gasteiger partial charge in [-0.1, -0.05) is 13.8 Å². The molecular formula is C13H26N4O2S. The van der Waals surface area contributed by atoms with Crippen LogP contribution in [0.4, 0.5) is 0 Å². The summed E-state index contributed by atoms with van der Waals surface area (Å²) in [5.74, 6) is 0.737. The largest absolute Gasteiger partial charge is 0.334 e. The Morgan fingerprint density at radius 3 is 2.55 bits per heavy atom. The van der Waals surface area contributed by atoms with E-state index in [0.717, 1.165) is 25.2 Å². The predicted molar refractivity (Wildman–Crippen MR) is 80.0 cm³/mol. The Balaban J connectivity index is 3.02. The van der Waals surface area contributed by atoms with Gasteiger partial charge >= 0.3 is 0 Å². The fraction of sp³-hybridized carbons (Fsp3) is 0.769. The van der Waals surface area contributed by atoms with Crippen molar-refractivity contribution in [1.29, 1.82) is 0 Å². The average Bonchev–Trinajstić information content (AvgIpc) is 2.77. The van der Waals surface area contributed by atoms with E-state index in [1.54, 1.807) is 6.20 Å². The van der Waals surface area contributed by atoms with Crippen LogP contribution in [0.25, 0.3) is 0 Å². The molecule has 0 amide bonds. The molecule has 0 aliphatic carbocycles. The highest BCUT2D eigenvalue weighted by molar-refractivity contribution is 7.89.